The van der Waals surface area contributed by atoms with Crippen molar-refractivity contribution >= 4 is 17.8 Å². The zero-order valence-electron chi connectivity index (χ0n) is 15.1. The Morgan fingerprint density at radius 2 is 1.62 bits per heavy atom. The van der Waals surface area contributed by atoms with E-state index in [1.54, 1.807) is 24.3 Å². The van der Waals surface area contributed by atoms with E-state index < -0.39 is 35.9 Å². The quantitative estimate of drug-likeness (QED) is 0.382. The average molecular weight is 364 g/mol. The molecular weight excluding hydrogens is 336 g/mol. The maximum atomic E-state index is 12.3. The summed E-state index contributed by atoms with van der Waals surface area (Å²) in [5, 5.41) is 14.3. The van der Waals surface area contributed by atoms with Gasteiger partial charge in [-0.25, -0.2) is 4.79 Å². The fourth-order valence-electron chi connectivity index (χ4n) is 2.45. The van der Waals surface area contributed by atoms with Gasteiger partial charge in [0.1, 0.15) is 12.1 Å². The van der Waals surface area contributed by atoms with Crippen LogP contribution in [0.1, 0.15) is 25.8 Å². The predicted octanol–water partition coefficient (Wildman–Crippen LogP) is -0.385. The minimum atomic E-state index is -1.17. The van der Waals surface area contributed by atoms with Gasteiger partial charge in [-0.3, -0.25) is 9.59 Å². The maximum absolute atomic E-state index is 12.3. The number of nitrogens with one attached hydrogen (secondary N) is 2. The molecule has 0 unspecified atom stereocenters. The molecule has 0 aliphatic carbocycles. The molecule has 0 spiro atoms. The van der Waals surface area contributed by atoms with Crippen molar-refractivity contribution < 1.29 is 19.5 Å². The van der Waals surface area contributed by atoms with Crippen LogP contribution in [-0.2, 0) is 20.8 Å². The number of benzene rings is 1. The molecule has 7 N–H and O–H groups in total. The zero-order valence-corrected chi connectivity index (χ0v) is 15.1. The molecule has 0 fully saturated rings. The third-order valence-corrected chi connectivity index (χ3v) is 3.83. The number of hydrogen-bond acceptors (Lipinski definition) is 5. The van der Waals surface area contributed by atoms with Gasteiger partial charge in [0.15, 0.2) is 0 Å². The van der Waals surface area contributed by atoms with Gasteiger partial charge in [-0.2, -0.15) is 0 Å². The van der Waals surface area contributed by atoms with Crippen molar-refractivity contribution in [2.45, 2.75) is 44.8 Å². The molecule has 0 radical (unpaired) electrons. The molecule has 144 valence electrons. The van der Waals surface area contributed by atoms with Gasteiger partial charge in [0, 0.05) is 13.0 Å². The summed E-state index contributed by atoms with van der Waals surface area (Å²) in [6.07, 6.45) is 0.594. The second kappa shape index (κ2) is 10.5. The number of hydrogen-bond donors (Lipinski definition) is 5. The van der Waals surface area contributed by atoms with Crippen molar-refractivity contribution in [2.75, 3.05) is 6.54 Å². The highest BCUT2D eigenvalue weighted by atomic mass is 16.4. The van der Waals surface area contributed by atoms with Crippen LogP contribution in [-0.4, -0.2) is 47.6 Å². The van der Waals surface area contributed by atoms with Crippen LogP contribution in [0.2, 0.25) is 0 Å². The zero-order chi connectivity index (χ0) is 19.7. The molecule has 26 heavy (non-hydrogen) atoms. The summed E-state index contributed by atoms with van der Waals surface area (Å²) in [5.74, 6) is -2.08. The summed E-state index contributed by atoms with van der Waals surface area (Å²) in [5.41, 5.74) is 12.1. The third kappa shape index (κ3) is 7.20. The Bertz CT molecular complexity index is 606. The van der Waals surface area contributed by atoms with Crippen LogP contribution >= 0.6 is 0 Å². The molecule has 2 amide bonds. The highest BCUT2D eigenvalue weighted by Crippen LogP contribution is 2.05. The second-order valence-corrected chi connectivity index (χ2v) is 6.62. The molecule has 1 aromatic rings. The van der Waals surface area contributed by atoms with Crippen molar-refractivity contribution in [1.82, 2.24) is 10.6 Å². The van der Waals surface area contributed by atoms with Crippen LogP contribution in [0.3, 0.4) is 0 Å². The lowest BCUT2D eigenvalue weighted by atomic mass is 10.0. The molecule has 0 saturated carbocycles. The fourth-order valence-corrected chi connectivity index (χ4v) is 2.45. The molecule has 8 nitrogen and oxygen atoms in total. The monoisotopic (exact) mass is 364 g/mol. The number of rotatable bonds is 10. The molecule has 1 aromatic carbocycles. The van der Waals surface area contributed by atoms with Crippen molar-refractivity contribution in [1.29, 1.82) is 0 Å². The van der Waals surface area contributed by atoms with E-state index in [-0.39, 0.29) is 18.9 Å². The third-order valence-electron chi connectivity index (χ3n) is 3.83. The molecule has 0 heterocycles. The van der Waals surface area contributed by atoms with Gasteiger partial charge in [-0.1, -0.05) is 44.2 Å². The van der Waals surface area contributed by atoms with Crippen molar-refractivity contribution in [3.8, 4) is 0 Å². The van der Waals surface area contributed by atoms with Crippen LogP contribution in [0.4, 0.5) is 0 Å². The minimum absolute atomic E-state index is 0.125. The van der Waals surface area contributed by atoms with Gasteiger partial charge < -0.3 is 27.2 Å². The van der Waals surface area contributed by atoms with E-state index in [1.165, 1.54) is 0 Å². The first-order valence-corrected chi connectivity index (χ1v) is 8.57. The van der Waals surface area contributed by atoms with E-state index in [4.69, 9.17) is 11.5 Å². The Morgan fingerprint density at radius 1 is 1.04 bits per heavy atom. The number of nitrogens with two attached hydrogens (primary N) is 2. The summed E-state index contributed by atoms with van der Waals surface area (Å²) in [6, 6.07) is 6.02. The Kier molecular flexibility index (Phi) is 8.74. The van der Waals surface area contributed by atoms with Crippen molar-refractivity contribution in [2.24, 2.45) is 17.4 Å². The highest BCUT2D eigenvalue weighted by Gasteiger charge is 2.27. The molecular formula is C18H28N4O4. The number of carboxylic acid groups (broad SMARTS) is 1. The van der Waals surface area contributed by atoms with E-state index in [0.717, 1.165) is 5.56 Å². The summed E-state index contributed by atoms with van der Waals surface area (Å²) in [4.78, 5) is 35.9. The van der Waals surface area contributed by atoms with Gasteiger partial charge in [0.2, 0.25) is 11.8 Å². The normalized spacial score (nSPS) is 14.3. The first-order chi connectivity index (χ1) is 12.2. The smallest absolute Gasteiger partial charge is 0.326 e. The Hall–Kier alpha value is -2.45. The summed E-state index contributed by atoms with van der Waals surface area (Å²) in [7, 11) is 0. The van der Waals surface area contributed by atoms with Crippen LogP contribution in [0, 0.1) is 5.92 Å². The highest BCUT2D eigenvalue weighted by molar-refractivity contribution is 5.92. The maximum Gasteiger partial charge on any atom is 0.326 e. The van der Waals surface area contributed by atoms with Gasteiger partial charge in [0.25, 0.3) is 0 Å². The second-order valence-electron chi connectivity index (χ2n) is 6.62. The number of carbonyl (C=O) groups is 3. The first kappa shape index (κ1) is 21.6. The van der Waals surface area contributed by atoms with E-state index in [9.17, 15) is 19.5 Å². The predicted molar refractivity (Wildman–Crippen MR) is 98.1 cm³/mol. The van der Waals surface area contributed by atoms with E-state index in [0.29, 0.717) is 6.42 Å². The fraction of sp³-hybridized carbons (Fsp3) is 0.500. The Morgan fingerprint density at radius 3 is 2.12 bits per heavy atom. The Labute approximate surface area is 153 Å². The molecule has 0 bridgehead atoms. The van der Waals surface area contributed by atoms with E-state index >= 15 is 0 Å². The molecule has 3 atom stereocenters. The Balaban J connectivity index is 2.70. The van der Waals surface area contributed by atoms with Crippen molar-refractivity contribution in [3.05, 3.63) is 35.9 Å². The summed E-state index contributed by atoms with van der Waals surface area (Å²) >= 11 is 0. The SMILES string of the molecule is CC(C)C[C@H](N)C(=O)N[C@@H](CN)C(=O)N[C@@H](Cc1ccccc1)C(=O)O. The molecule has 0 aliphatic rings. The average Bonchev–Trinajstić information content (AvgIpc) is 2.58. The molecule has 0 saturated heterocycles. The van der Waals surface area contributed by atoms with Crippen LogP contribution in [0.25, 0.3) is 0 Å². The van der Waals surface area contributed by atoms with Gasteiger partial charge >= 0.3 is 5.97 Å². The van der Waals surface area contributed by atoms with E-state index in [2.05, 4.69) is 10.6 Å². The minimum Gasteiger partial charge on any atom is -0.480 e. The number of aliphatic carboxylic acids is 1. The lowest BCUT2D eigenvalue weighted by Crippen LogP contribution is -2.57. The largest absolute Gasteiger partial charge is 0.480 e. The van der Waals surface area contributed by atoms with Crippen LogP contribution in [0.5, 0.6) is 0 Å². The molecule has 1 rings (SSSR count). The van der Waals surface area contributed by atoms with E-state index in [1.807, 2.05) is 19.9 Å². The topological polar surface area (TPSA) is 148 Å². The number of carboxylic acids is 1. The van der Waals surface area contributed by atoms with Crippen molar-refractivity contribution in [3.63, 3.8) is 0 Å². The first-order valence-electron chi connectivity index (χ1n) is 8.57. The summed E-state index contributed by atoms with van der Waals surface area (Å²) < 4.78 is 0. The molecule has 8 heteroatoms. The molecule has 0 aromatic heterocycles. The molecule has 0 aliphatic heterocycles. The van der Waals surface area contributed by atoms with Crippen LogP contribution < -0.4 is 22.1 Å². The van der Waals surface area contributed by atoms with Gasteiger partial charge in [-0.15, -0.1) is 0 Å². The lowest BCUT2D eigenvalue weighted by Gasteiger charge is -2.22. The standard InChI is InChI=1S/C18H28N4O4/c1-11(2)8-13(20)16(23)22-15(10-19)17(24)21-14(18(25)26)9-12-6-4-3-5-7-12/h3-7,11,13-15H,8-10,19-20H2,1-2H3,(H,21,24)(H,22,23)(H,25,26)/t13-,14-,15-/m0/s1. The lowest BCUT2D eigenvalue weighted by molar-refractivity contribution is -0.142. The number of amides is 2. The van der Waals surface area contributed by atoms with Gasteiger partial charge in [-0.05, 0) is 17.9 Å². The van der Waals surface area contributed by atoms with Gasteiger partial charge in [0.05, 0.1) is 6.04 Å². The number of carbonyl (C=O) groups excluding carboxylic acids is 2. The summed E-state index contributed by atoms with van der Waals surface area (Å²) in [6.45, 7) is 3.70. The van der Waals surface area contributed by atoms with Crippen LogP contribution in [0.15, 0.2) is 30.3 Å².